The number of aromatic nitrogens is 3. The van der Waals surface area contributed by atoms with E-state index in [-0.39, 0.29) is 5.91 Å². The predicted molar refractivity (Wildman–Crippen MR) is 78.1 cm³/mol. The first-order valence-electron chi connectivity index (χ1n) is 6.34. The lowest BCUT2D eigenvalue weighted by Gasteiger charge is -2.05. The first-order valence-corrected chi connectivity index (χ1v) is 7.22. The van der Waals surface area contributed by atoms with Crippen LogP contribution in [0.4, 0.5) is 0 Å². The molecule has 3 aromatic heterocycles. The van der Waals surface area contributed by atoms with Crippen LogP contribution in [0.15, 0.2) is 36.2 Å². The number of carbonyl (C=O) groups excluding carboxylic acids is 1. The number of rotatable bonds is 4. The molecule has 0 radical (unpaired) electrons. The topological polar surface area (TPSA) is 59.3 Å². The minimum Gasteiger partial charge on any atom is -0.352 e. The molecule has 3 aromatic rings. The SMILES string of the molecule is Cc1ncsc1CCNC(=O)c1ccc2nccn2c1. The van der Waals surface area contributed by atoms with Crippen molar-refractivity contribution in [3.63, 3.8) is 0 Å². The summed E-state index contributed by atoms with van der Waals surface area (Å²) in [5.41, 5.74) is 4.35. The van der Waals surface area contributed by atoms with Crippen molar-refractivity contribution in [1.29, 1.82) is 0 Å². The molecule has 1 N–H and O–H groups in total. The Morgan fingerprint density at radius 1 is 1.40 bits per heavy atom. The number of amides is 1. The zero-order valence-electron chi connectivity index (χ0n) is 11.0. The van der Waals surface area contributed by atoms with Crippen LogP contribution < -0.4 is 5.32 Å². The van der Waals surface area contributed by atoms with E-state index >= 15 is 0 Å². The molecule has 3 rings (SSSR count). The maximum Gasteiger partial charge on any atom is 0.252 e. The number of nitrogens with one attached hydrogen (secondary N) is 1. The number of fused-ring (bicyclic) bond motifs is 1. The summed E-state index contributed by atoms with van der Waals surface area (Å²) in [5, 5.41) is 2.93. The Balaban J connectivity index is 1.62. The van der Waals surface area contributed by atoms with E-state index in [0.717, 1.165) is 17.8 Å². The second-order valence-corrected chi connectivity index (χ2v) is 5.42. The number of thiazole rings is 1. The molecule has 0 saturated heterocycles. The molecule has 3 heterocycles. The maximum absolute atomic E-state index is 12.1. The van der Waals surface area contributed by atoms with Crippen molar-refractivity contribution in [3.05, 3.63) is 52.4 Å². The fraction of sp³-hybridized carbons (Fsp3) is 0.214. The van der Waals surface area contributed by atoms with Crippen LogP contribution in [0.5, 0.6) is 0 Å². The molecule has 102 valence electrons. The van der Waals surface area contributed by atoms with Gasteiger partial charge in [0.1, 0.15) is 5.65 Å². The minimum absolute atomic E-state index is 0.0669. The van der Waals surface area contributed by atoms with Crippen LogP contribution in [0.2, 0.25) is 0 Å². The highest BCUT2D eigenvalue weighted by molar-refractivity contribution is 7.09. The van der Waals surface area contributed by atoms with Gasteiger partial charge in [0.05, 0.1) is 16.8 Å². The molecule has 0 spiro atoms. The van der Waals surface area contributed by atoms with E-state index in [0.29, 0.717) is 12.1 Å². The van der Waals surface area contributed by atoms with Crippen LogP contribution >= 0.6 is 11.3 Å². The Kier molecular flexibility index (Phi) is 3.47. The molecule has 0 bridgehead atoms. The normalized spacial score (nSPS) is 10.8. The van der Waals surface area contributed by atoms with Crippen molar-refractivity contribution in [2.45, 2.75) is 13.3 Å². The summed E-state index contributed by atoms with van der Waals surface area (Å²) in [6.45, 7) is 2.60. The van der Waals surface area contributed by atoms with Crippen molar-refractivity contribution in [1.82, 2.24) is 19.7 Å². The lowest BCUT2D eigenvalue weighted by Crippen LogP contribution is -2.25. The molecular weight excluding hydrogens is 272 g/mol. The molecule has 0 aromatic carbocycles. The van der Waals surface area contributed by atoms with E-state index in [2.05, 4.69) is 15.3 Å². The Labute approximate surface area is 120 Å². The largest absolute Gasteiger partial charge is 0.352 e. The average Bonchev–Trinajstić information content (AvgIpc) is 3.07. The summed E-state index contributed by atoms with van der Waals surface area (Å²) in [6, 6.07) is 3.62. The molecular formula is C14H14N4OS. The smallest absolute Gasteiger partial charge is 0.252 e. The lowest BCUT2D eigenvalue weighted by atomic mass is 10.2. The summed E-state index contributed by atoms with van der Waals surface area (Å²) in [6.07, 6.45) is 6.14. The molecule has 6 heteroatoms. The van der Waals surface area contributed by atoms with Crippen molar-refractivity contribution >= 4 is 22.9 Å². The van der Waals surface area contributed by atoms with Gasteiger partial charge in [-0.2, -0.15) is 0 Å². The fourth-order valence-electron chi connectivity index (χ4n) is 2.01. The van der Waals surface area contributed by atoms with Crippen molar-refractivity contribution in [2.24, 2.45) is 0 Å². The van der Waals surface area contributed by atoms with Crippen LogP contribution in [0.25, 0.3) is 5.65 Å². The number of imidazole rings is 1. The van der Waals surface area contributed by atoms with Gasteiger partial charge in [0.15, 0.2) is 0 Å². The molecule has 0 atom stereocenters. The van der Waals surface area contributed by atoms with Gasteiger partial charge >= 0.3 is 0 Å². The number of nitrogens with zero attached hydrogens (tertiary/aromatic N) is 3. The Bertz CT molecular complexity index is 746. The quantitative estimate of drug-likeness (QED) is 0.798. The van der Waals surface area contributed by atoms with E-state index in [1.807, 2.05) is 29.1 Å². The summed E-state index contributed by atoms with van der Waals surface area (Å²) in [7, 11) is 0. The van der Waals surface area contributed by atoms with Gasteiger partial charge in [0.2, 0.25) is 0 Å². The number of hydrogen-bond donors (Lipinski definition) is 1. The highest BCUT2D eigenvalue weighted by Crippen LogP contribution is 2.12. The van der Waals surface area contributed by atoms with Crippen LogP contribution in [-0.4, -0.2) is 26.8 Å². The second-order valence-electron chi connectivity index (χ2n) is 4.48. The van der Waals surface area contributed by atoms with E-state index in [1.54, 1.807) is 29.8 Å². The van der Waals surface area contributed by atoms with Crippen molar-refractivity contribution in [2.75, 3.05) is 6.54 Å². The predicted octanol–water partition coefficient (Wildman–Crippen LogP) is 2.07. The number of aryl methyl sites for hydroxylation is 1. The first-order chi connectivity index (χ1) is 9.74. The monoisotopic (exact) mass is 286 g/mol. The van der Waals surface area contributed by atoms with Gasteiger partial charge in [0, 0.05) is 36.4 Å². The third-order valence-electron chi connectivity index (χ3n) is 3.13. The Morgan fingerprint density at radius 3 is 3.10 bits per heavy atom. The van der Waals surface area contributed by atoms with Crippen LogP contribution in [0, 0.1) is 6.92 Å². The maximum atomic E-state index is 12.1. The fourth-order valence-corrected chi connectivity index (χ4v) is 2.79. The van der Waals surface area contributed by atoms with E-state index in [1.165, 1.54) is 4.88 Å². The van der Waals surface area contributed by atoms with Crippen LogP contribution in [0.1, 0.15) is 20.9 Å². The third-order valence-corrected chi connectivity index (χ3v) is 4.13. The number of pyridine rings is 1. The Hall–Kier alpha value is -2.21. The molecule has 1 amide bonds. The summed E-state index contributed by atoms with van der Waals surface area (Å²) >= 11 is 1.63. The van der Waals surface area contributed by atoms with Gasteiger partial charge < -0.3 is 9.72 Å². The van der Waals surface area contributed by atoms with E-state index in [4.69, 9.17) is 0 Å². The van der Waals surface area contributed by atoms with Crippen molar-refractivity contribution < 1.29 is 4.79 Å². The van der Waals surface area contributed by atoms with E-state index in [9.17, 15) is 4.79 Å². The molecule has 0 aliphatic heterocycles. The van der Waals surface area contributed by atoms with Gasteiger partial charge in [-0.05, 0) is 19.1 Å². The lowest BCUT2D eigenvalue weighted by molar-refractivity contribution is 0.0953. The molecule has 0 fully saturated rings. The highest BCUT2D eigenvalue weighted by Gasteiger charge is 2.07. The standard InChI is InChI=1S/C14H14N4OS/c1-10-12(20-9-17-10)4-5-16-14(19)11-2-3-13-15-6-7-18(13)8-11/h2-3,6-9H,4-5H2,1H3,(H,16,19). The van der Waals surface area contributed by atoms with Gasteiger partial charge in [-0.15, -0.1) is 11.3 Å². The first kappa shape index (κ1) is 12.8. The molecule has 0 unspecified atom stereocenters. The van der Waals surface area contributed by atoms with Crippen LogP contribution in [-0.2, 0) is 6.42 Å². The summed E-state index contributed by atoms with van der Waals surface area (Å²) in [5.74, 6) is -0.0669. The summed E-state index contributed by atoms with van der Waals surface area (Å²) in [4.78, 5) is 21.6. The zero-order valence-corrected chi connectivity index (χ0v) is 11.9. The van der Waals surface area contributed by atoms with Crippen LogP contribution in [0.3, 0.4) is 0 Å². The third kappa shape index (κ3) is 2.55. The highest BCUT2D eigenvalue weighted by atomic mass is 32.1. The zero-order chi connectivity index (χ0) is 13.9. The van der Waals surface area contributed by atoms with Gasteiger partial charge in [0.25, 0.3) is 5.91 Å². The summed E-state index contributed by atoms with van der Waals surface area (Å²) < 4.78 is 1.84. The number of carbonyl (C=O) groups is 1. The molecule has 0 aliphatic rings. The van der Waals surface area contributed by atoms with Gasteiger partial charge in [-0.1, -0.05) is 0 Å². The van der Waals surface area contributed by atoms with E-state index < -0.39 is 0 Å². The number of hydrogen-bond acceptors (Lipinski definition) is 4. The minimum atomic E-state index is -0.0669. The average molecular weight is 286 g/mol. The second kappa shape index (κ2) is 5.42. The molecule has 5 nitrogen and oxygen atoms in total. The van der Waals surface area contributed by atoms with Gasteiger partial charge in [-0.25, -0.2) is 9.97 Å². The molecule has 0 aliphatic carbocycles. The van der Waals surface area contributed by atoms with Crippen molar-refractivity contribution in [3.8, 4) is 0 Å². The molecule has 0 saturated carbocycles. The molecule has 20 heavy (non-hydrogen) atoms. The Morgan fingerprint density at radius 2 is 2.30 bits per heavy atom. The van der Waals surface area contributed by atoms with Gasteiger partial charge in [-0.3, -0.25) is 4.79 Å².